The number of piperazine rings is 1. The van der Waals surface area contributed by atoms with Gasteiger partial charge in [0.1, 0.15) is 11.9 Å². The number of nitrogens with zero attached hydrogens (tertiary/aromatic N) is 4. The van der Waals surface area contributed by atoms with Crippen LogP contribution in [0.3, 0.4) is 0 Å². The summed E-state index contributed by atoms with van der Waals surface area (Å²) in [4.78, 5) is 8.94. The van der Waals surface area contributed by atoms with Crippen molar-refractivity contribution in [2.75, 3.05) is 44.2 Å². The molecule has 0 radical (unpaired) electrons. The first-order valence-electron chi connectivity index (χ1n) is 6.62. The lowest BCUT2D eigenvalue weighted by molar-refractivity contribution is 0.188. The van der Waals surface area contributed by atoms with Gasteiger partial charge in [0.25, 0.3) is 0 Å². The number of pyridine rings is 1. The molecule has 0 unspecified atom stereocenters. The quantitative estimate of drug-likeness (QED) is 0.866. The van der Waals surface area contributed by atoms with E-state index in [1.807, 2.05) is 19.9 Å². The van der Waals surface area contributed by atoms with E-state index in [1.54, 1.807) is 0 Å². The van der Waals surface area contributed by atoms with Gasteiger partial charge in [-0.15, -0.1) is 0 Å². The van der Waals surface area contributed by atoms with E-state index in [1.165, 1.54) is 0 Å². The summed E-state index contributed by atoms with van der Waals surface area (Å²) < 4.78 is 0. The van der Waals surface area contributed by atoms with Crippen LogP contribution in [0.25, 0.3) is 0 Å². The van der Waals surface area contributed by atoms with Crippen LogP contribution in [0, 0.1) is 25.2 Å². The van der Waals surface area contributed by atoms with Gasteiger partial charge in [0, 0.05) is 38.4 Å². The summed E-state index contributed by atoms with van der Waals surface area (Å²) >= 11 is 0. The molecule has 0 spiro atoms. The van der Waals surface area contributed by atoms with E-state index in [-0.39, 0.29) is 6.61 Å². The minimum Gasteiger partial charge on any atom is -0.395 e. The summed E-state index contributed by atoms with van der Waals surface area (Å²) in [6.45, 7) is 8.35. The Kier molecular flexibility index (Phi) is 4.35. The Balaban J connectivity index is 2.18. The van der Waals surface area contributed by atoms with Crippen LogP contribution in [0.15, 0.2) is 6.07 Å². The molecule has 1 saturated heterocycles. The van der Waals surface area contributed by atoms with Gasteiger partial charge in [0.15, 0.2) is 0 Å². The van der Waals surface area contributed by atoms with E-state index < -0.39 is 0 Å². The first-order valence-corrected chi connectivity index (χ1v) is 6.62. The molecular formula is C14H20N4O. The molecule has 1 aromatic heterocycles. The van der Waals surface area contributed by atoms with Crippen molar-refractivity contribution in [2.24, 2.45) is 0 Å². The van der Waals surface area contributed by atoms with Gasteiger partial charge in [-0.3, -0.25) is 4.90 Å². The van der Waals surface area contributed by atoms with E-state index in [0.29, 0.717) is 5.56 Å². The van der Waals surface area contributed by atoms with E-state index >= 15 is 0 Å². The molecule has 1 fully saturated rings. The average Bonchev–Trinajstić information content (AvgIpc) is 2.39. The van der Waals surface area contributed by atoms with Crippen LogP contribution in [0.1, 0.15) is 16.8 Å². The van der Waals surface area contributed by atoms with Crippen LogP contribution < -0.4 is 4.90 Å². The second kappa shape index (κ2) is 6.00. The smallest absolute Gasteiger partial charge is 0.147 e. The Morgan fingerprint density at radius 3 is 2.58 bits per heavy atom. The number of aliphatic hydroxyl groups is 1. The molecule has 5 nitrogen and oxygen atoms in total. The zero-order valence-electron chi connectivity index (χ0n) is 11.6. The molecule has 1 N–H and O–H groups in total. The molecule has 19 heavy (non-hydrogen) atoms. The molecule has 0 atom stereocenters. The molecule has 0 bridgehead atoms. The van der Waals surface area contributed by atoms with Crippen LogP contribution in [-0.2, 0) is 0 Å². The number of aromatic nitrogens is 1. The van der Waals surface area contributed by atoms with Gasteiger partial charge < -0.3 is 10.0 Å². The molecule has 2 heterocycles. The van der Waals surface area contributed by atoms with Gasteiger partial charge >= 0.3 is 0 Å². The van der Waals surface area contributed by atoms with Crippen molar-refractivity contribution in [2.45, 2.75) is 13.8 Å². The van der Waals surface area contributed by atoms with Crippen molar-refractivity contribution in [3.63, 3.8) is 0 Å². The summed E-state index contributed by atoms with van der Waals surface area (Å²) in [5, 5.41) is 18.2. The van der Waals surface area contributed by atoms with Gasteiger partial charge in [0.2, 0.25) is 0 Å². The number of aryl methyl sites for hydroxylation is 2. The van der Waals surface area contributed by atoms with Crippen molar-refractivity contribution < 1.29 is 5.11 Å². The third-order valence-corrected chi connectivity index (χ3v) is 3.53. The summed E-state index contributed by atoms with van der Waals surface area (Å²) in [6.07, 6.45) is 0. The normalized spacial score (nSPS) is 16.4. The van der Waals surface area contributed by atoms with Crippen molar-refractivity contribution >= 4 is 5.82 Å². The molecule has 0 aliphatic carbocycles. The minimum absolute atomic E-state index is 0.200. The monoisotopic (exact) mass is 260 g/mol. The fourth-order valence-electron chi connectivity index (χ4n) is 2.51. The van der Waals surface area contributed by atoms with E-state index in [0.717, 1.165) is 49.8 Å². The number of hydrogen-bond donors (Lipinski definition) is 1. The number of hydrogen-bond acceptors (Lipinski definition) is 5. The maximum absolute atomic E-state index is 9.30. The first-order chi connectivity index (χ1) is 9.15. The van der Waals surface area contributed by atoms with Gasteiger partial charge in [-0.1, -0.05) is 0 Å². The third kappa shape index (κ3) is 3.03. The van der Waals surface area contributed by atoms with Crippen LogP contribution in [-0.4, -0.2) is 54.3 Å². The van der Waals surface area contributed by atoms with Crippen molar-refractivity contribution in [3.8, 4) is 6.07 Å². The van der Waals surface area contributed by atoms with Crippen molar-refractivity contribution in [1.29, 1.82) is 5.26 Å². The van der Waals surface area contributed by atoms with E-state index in [2.05, 4.69) is 20.9 Å². The number of aliphatic hydroxyl groups excluding tert-OH is 1. The highest BCUT2D eigenvalue weighted by Crippen LogP contribution is 2.22. The fourth-order valence-corrected chi connectivity index (χ4v) is 2.51. The summed E-state index contributed by atoms with van der Waals surface area (Å²) in [5.41, 5.74) is 2.62. The zero-order chi connectivity index (χ0) is 13.8. The second-order valence-electron chi connectivity index (χ2n) is 4.94. The maximum Gasteiger partial charge on any atom is 0.147 e. The molecule has 0 amide bonds. The Labute approximate surface area is 114 Å². The number of β-amino-alcohol motifs (C(OH)–C–C–N with tert-alkyl or cyclic N) is 1. The Hall–Kier alpha value is -1.64. The summed E-state index contributed by atoms with van der Waals surface area (Å²) in [7, 11) is 0. The predicted molar refractivity (Wildman–Crippen MR) is 74.2 cm³/mol. The van der Waals surface area contributed by atoms with Gasteiger partial charge in [-0.2, -0.15) is 5.26 Å². The molecule has 0 aromatic carbocycles. The molecular weight excluding hydrogens is 240 g/mol. The Morgan fingerprint density at radius 2 is 2.00 bits per heavy atom. The predicted octanol–water partition coefficient (Wildman–Crippen LogP) is 0.684. The lowest BCUT2D eigenvalue weighted by Crippen LogP contribution is -2.47. The zero-order valence-corrected chi connectivity index (χ0v) is 11.6. The van der Waals surface area contributed by atoms with E-state index in [4.69, 9.17) is 5.11 Å². The summed E-state index contributed by atoms with van der Waals surface area (Å²) in [6, 6.07) is 4.22. The Morgan fingerprint density at radius 1 is 1.32 bits per heavy atom. The van der Waals surface area contributed by atoms with Crippen molar-refractivity contribution in [3.05, 3.63) is 22.9 Å². The molecule has 1 aromatic rings. The largest absolute Gasteiger partial charge is 0.395 e. The Bertz CT molecular complexity index is 487. The standard InChI is InChI=1S/C14H20N4O/c1-11-9-12(2)16-14(13(11)10-15)18-5-3-17(4-6-18)7-8-19/h9,19H,3-8H2,1-2H3. The molecule has 2 rings (SSSR count). The minimum atomic E-state index is 0.200. The molecule has 5 heteroatoms. The molecule has 1 aliphatic rings. The third-order valence-electron chi connectivity index (χ3n) is 3.53. The lowest BCUT2D eigenvalue weighted by Gasteiger charge is -2.35. The maximum atomic E-state index is 9.30. The molecule has 1 aliphatic heterocycles. The van der Waals surface area contributed by atoms with Crippen LogP contribution in [0.5, 0.6) is 0 Å². The highest BCUT2D eigenvalue weighted by atomic mass is 16.3. The van der Waals surface area contributed by atoms with E-state index in [9.17, 15) is 5.26 Å². The van der Waals surface area contributed by atoms with Crippen molar-refractivity contribution in [1.82, 2.24) is 9.88 Å². The highest BCUT2D eigenvalue weighted by molar-refractivity contribution is 5.58. The average molecular weight is 260 g/mol. The second-order valence-corrected chi connectivity index (χ2v) is 4.94. The molecule has 0 saturated carbocycles. The lowest BCUT2D eigenvalue weighted by atomic mass is 10.1. The summed E-state index contributed by atoms with van der Waals surface area (Å²) in [5.74, 6) is 0.809. The number of rotatable bonds is 3. The highest BCUT2D eigenvalue weighted by Gasteiger charge is 2.21. The van der Waals surface area contributed by atoms with Crippen LogP contribution in [0.2, 0.25) is 0 Å². The number of anilines is 1. The van der Waals surface area contributed by atoms with Gasteiger partial charge in [-0.25, -0.2) is 4.98 Å². The molecule has 102 valence electrons. The number of nitriles is 1. The fraction of sp³-hybridized carbons (Fsp3) is 0.571. The van der Waals surface area contributed by atoms with Crippen LogP contribution >= 0.6 is 0 Å². The topological polar surface area (TPSA) is 63.4 Å². The van der Waals surface area contributed by atoms with Gasteiger partial charge in [0.05, 0.1) is 12.2 Å². The SMILES string of the molecule is Cc1cc(C)c(C#N)c(N2CCN(CCO)CC2)n1. The first kappa shape index (κ1) is 13.8. The van der Waals surface area contributed by atoms with Crippen LogP contribution in [0.4, 0.5) is 5.82 Å². The van der Waals surface area contributed by atoms with Gasteiger partial charge in [-0.05, 0) is 25.5 Å².